The van der Waals surface area contributed by atoms with Gasteiger partial charge in [0.25, 0.3) is 0 Å². The topological polar surface area (TPSA) is 49.7 Å². The Bertz CT molecular complexity index is 378. The van der Waals surface area contributed by atoms with E-state index in [1.165, 1.54) is 0 Å². The third kappa shape index (κ3) is 3.69. The van der Waals surface area contributed by atoms with E-state index in [1.54, 1.807) is 0 Å². The molecule has 102 valence electrons. The molecule has 0 unspecified atom stereocenters. The molecular weight excluding hydrogens is 226 g/mol. The Morgan fingerprint density at radius 1 is 1.28 bits per heavy atom. The van der Waals surface area contributed by atoms with Crippen LogP contribution in [0.2, 0.25) is 0 Å². The van der Waals surface area contributed by atoms with E-state index in [0.717, 1.165) is 31.5 Å². The zero-order valence-corrected chi connectivity index (χ0v) is 12.0. The van der Waals surface area contributed by atoms with Crippen LogP contribution in [0.1, 0.15) is 59.8 Å². The van der Waals surface area contributed by atoms with Crippen LogP contribution < -0.4 is 0 Å². The molecule has 18 heavy (non-hydrogen) atoms. The number of carbonyl (C=O) groups excluding carboxylic acids is 1. The molecule has 0 heterocycles. The smallest absolute Gasteiger partial charge is 0.168 e. The third-order valence-corrected chi connectivity index (χ3v) is 3.15. The summed E-state index contributed by atoms with van der Waals surface area (Å²) in [5, 5.41) is 10.1. The van der Waals surface area contributed by atoms with Gasteiger partial charge in [0.1, 0.15) is 5.76 Å². The third-order valence-electron chi connectivity index (χ3n) is 3.15. The highest BCUT2D eigenvalue weighted by Gasteiger charge is 2.35. The number of carbonyl (C=O) groups is 1. The van der Waals surface area contributed by atoms with Gasteiger partial charge < -0.3 is 5.11 Å². The highest BCUT2D eigenvalue weighted by atomic mass is 16.3. The number of aliphatic hydroxyl groups is 1. The van der Waals surface area contributed by atoms with E-state index in [0.29, 0.717) is 18.4 Å². The molecule has 3 heteroatoms. The molecule has 1 aliphatic carbocycles. The molecule has 0 aliphatic heterocycles. The Morgan fingerprint density at radius 2 is 1.94 bits per heavy atom. The van der Waals surface area contributed by atoms with Crippen LogP contribution in [0.3, 0.4) is 0 Å². The van der Waals surface area contributed by atoms with E-state index in [2.05, 4.69) is 25.8 Å². The van der Waals surface area contributed by atoms with Crippen molar-refractivity contribution < 1.29 is 9.90 Å². The second-order valence-corrected chi connectivity index (χ2v) is 5.84. The van der Waals surface area contributed by atoms with Gasteiger partial charge in [0.2, 0.25) is 0 Å². The van der Waals surface area contributed by atoms with Gasteiger partial charge in [-0.15, -0.1) is 0 Å². The highest BCUT2D eigenvalue weighted by Crippen LogP contribution is 2.35. The first-order valence-electron chi connectivity index (χ1n) is 6.90. The minimum Gasteiger partial charge on any atom is -0.511 e. The minimum atomic E-state index is -0.0420. The molecule has 1 rings (SSSR count). The van der Waals surface area contributed by atoms with E-state index < -0.39 is 0 Å². The van der Waals surface area contributed by atoms with E-state index in [9.17, 15) is 9.90 Å². The summed E-state index contributed by atoms with van der Waals surface area (Å²) in [5.74, 6) is 0.278. The molecule has 0 aromatic heterocycles. The van der Waals surface area contributed by atoms with E-state index in [4.69, 9.17) is 0 Å². The van der Waals surface area contributed by atoms with Crippen molar-refractivity contribution in [2.24, 2.45) is 10.4 Å². The number of rotatable bonds is 4. The monoisotopic (exact) mass is 251 g/mol. The first-order valence-corrected chi connectivity index (χ1v) is 6.90. The van der Waals surface area contributed by atoms with Gasteiger partial charge in [0.05, 0.1) is 5.57 Å². The van der Waals surface area contributed by atoms with Crippen molar-refractivity contribution in [3.63, 3.8) is 0 Å². The van der Waals surface area contributed by atoms with Gasteiger partial charge in [-0.3, -0.25) is 9.79 Å². The molecule has 0 bridgehead atoms. The van der Waals surface area contributed by atoms with Crippen LogP contribution in [0.15, 0.2) is 16.3 Å². The Hall–Kier alpha value is -1.12. The lowest BCUT2D eigenvalue weighted by molar-refractivity contribution is -0.117. The number of ketones is 1. The molecule has 0 saturated heterocycles. The number of allylic oxidation sites excluding steroid dienone is 2. The second kappa shape index (κ2) is 6.17. The number of hydrogen-bond donors (Lipinski definition) is 1. The second-order valence-electron chi connectivity index (χ2n) is 5.84. The van der Waals surface area contributed by atoms with Crippen molar-refractivity contribution in [2.75, 3.05) is 6.54 Å². The van der Waals surface area contributed by atoms with Crippen LogP contribution in [0, 0.1) is 5.41 Å². The van der Waals surface area contributed by atoms with Gasteiger partial charge in [-0.25, -0.2) is 0 Å². The fourth-order valence-electron chi connectivity index (χ4n) is 2.36. The number of hydrogen-bond acceptors (Lipinski definition) is 3. The number of Topliss-reactive ketones (excluding diaryl/α,β-unsaturated/α-hetero) is 1. The maximum atomic E-state index is 12.2. The van der Waals surface area contributed by atoms with Gasteiger partial charge in [-0.05, 0) is 24.7 Å². The van der Waals surface area contributed by atoms with Crippen molar-refractivity contribution in [2.45, 2.75) is 59.8 Å². The van der Waals surface area contributed by atoms with Gasteiger partial charge >= 0.3 is 0 Å². The summed E-state index contributed by atoms with van der Waals surface area (Å²) in [6.45, 7) is 8.95. The SMILES string of the molecule is CCCN=C1CC(C)(C)CC(=O)/C1=C(\O)CCC. The molecule has 1 aliphatic rings. The van der Waals surface area contributed by atoms with Gasteiger partial charge in [0.15, 0.2) is 5.78 Å². The van der Waals surface area contributed by atoms with E-state index >= 15 is 0 Å². The fraction of sp³-hybridized carbons (Fsp3) is 0.733. The van der Waals surface area contributed by atoms with Gasteiger partial charge in [0, 0.05) is 25.1 Å². The van der Waals surface area contributed by atoms with Crippen LogP contribution in [-0.2, 0) is 4.79 Å². The molecule has 0 spiro atoms. The normalized spacial score (nSPS) is 24.4. The lowest BCUT2D eigenvalue weighted by Crippen LogP contribution is -2.32. The van der Waals surface area contributed by atoms with Crippen molar-refractivity contribution in [3.05, 3.63) is 11.3 Å². The summed E-state index contributed by atoms with van der Waals surface area (Å²) < 4.78 is 0. The molecule has 0 radical (unpaired) electrons. The van der Waals surface area contributed by atoms with Crippen LogP contribution in [0.25, 0.3) is 0 Å². The molecule has 1 fully saturated rings. The zero-order valence-electron chi connectivity index (χ0n) is 12.0. The molecule has 3 nitrogen and oxygen atoms in total. The summed E-state index contributed by atoms with van der Waals surface area (Å²) in [6, 6.07) is 0. The average Bonchev–Trinajstić information content (AvgIpc) is 2.24. The van der Waals surface area contributed by atoms with Crippen molar-refractivity contribution in [1.82, 2.24) is 0 Å². The van der Waals surface area contributed by atoms with E-state index in [1.807, 2.05) is 6.92 Å². The summed E-state index contributed by atoms with van der Waals surface area (Å²) in [7, 11) is 0. The van der Waals surface area contributed by atoms with Gasteiger partial charge in [-0.2, -0.15) is 0 Å². The van der Waals surface area contributed by atoms with Crippen molar-refractivity contribution >= 4 is 11.5 Å². The average molecular weight is 251 g/mol. The Balaban J connectivity index is 3.11. The predicted octanol–water partition coefficient (Wildman–Crippen LogP) is 3.84. The van der Waals surface area contributed by atoms with Crippen molar-refractivity contribution in [3.8, 4) is 0 Å². The summed E-state index contributed by atoms with van der Waals surface area (Å²) in [6.07, 6.45) is 3.64. The lowest BCUT2D eigenvalue weighted by atomic mass is 9.73. The predicted molar refractivity (Wildman–Crippen MR) is 75.2 cm³/mol. The maximum absolute atomic E-state index is 12.2. The van der Waals surface area contributed by atoms with Crippen molar-refractivity contribution in [1.29, 1.82) is 0 Å². The Labute approximate surface area is 110 Å². The Morgan fingerprint density at radius 3 is 2.50 bits per heavy atom. The van der Waals surface area contributed by atoms with Gasteiger partial charge in [-0.1, -0.05) is 27.7 Å². The fourth-order valence-corrected chi connectivity index (χ4v) is 2.36. The standard InChI is InChI=1S/C15H25NO2/c1-5-7-12(17)14-11(16-8-6-2)9-15(3,4)10-13(14)18/h17H,5-10H2,1-4H3/b14-12-,16-11?. The Kier molecular flexibility index (Phi) is 5.12. The van der Waals surface area contributed by atoms with E-state index in [-0.39, 0.29) is 17.0 Å². The first-order chi connectivity index (χ1) is 8.41. The largest absolute Gasteiger partial charge is 0.511 e. The summed E-state index contributed by atoms with van der Waals surface area (Å²) >= 11 is 0. The first kappa shape index (κ1) is 14.9. The summed E-state index contributed by atoms with van der Waals surface area (Å²) in [4.78, 5) is 16.7. The van der Waals surface area contributed by atoms with Crippen LogP contribution in [0.4, 0.5) is 0 Å². The molecule has 0 amide bonds. The molecule has 0 aromatic rings. The molecule has 1 N–H and O–H groups in total. The molecule has 0 atom stereocenters. The number of aliphatic hydroxyl groups excluding tert-OH is 1. The quantitative estimate of drug-likeness (QED) is 0.609. The number of aliphatic imine (C=N–C) groups is 1. The maximum Gasteiger partial charge on any atom is 0.168 e. The molecular formula is C15H25NO2. The van der Waals surface area contributed by atoms with Crippen LogP contribution in [0.5, 0.6) is 0 Å². The highest BCUT2D eigenvalue weighted by molar-refractivity contribution is 6.24. The zero-order chi connectivity index (χ0) is 13.8. The van der Waals surface area contributed by atoms with Crippen LogP contribution >= 0.6 is 0 Å². The number of nitrogens with zero attached hydrogens (tertiary/aromatic N) is 1. The lowest BCUT2D eigenvalue weighted by Gasteiger charge is -2.31. The van der Waals surface area contributed by atoms with Crippen LogP contribution in [-0.4, -0.2) is 23.1 Å². The minimum absolute atomic E-state index is 0.0420. The molecule has 0 aromatic carbocycles. The summed E-state index contributed by atoms with van der Waals surface area (Å²) in [5.41, 5.74) is 1.27. The molecule has 1 saturated carbocycles.